The van der Waals surface area contributed by atoms with Gasteiger partial charge in [-0.25, -0.2) is 8.78 Å². The Bertz CT molecular complexity index is 346. The Balaban J connectivity index is 2.11. The third-order valence-electron chi connectivity index (χ3n) is 2.83. The monoisotopic (exact) mass is 227 g/mol. The summed E-state index contributed by atoms with van der Waals surface area (Å²) in [7, 11) is 1.59. The van der Waals surface area contributed by atoms with Gasteiger partial charge in [0.25, 0.3) is 0 Å². The topological polar surface area (TPSA) is 21.3 Å². The van der Waals surface area contributed by atoms with Crippen molar-refractivity contribution in [2.45, 2.75) is 18.9 Å². The average molecular weight is 227 g/mol. The molecule has 0 amide bonds. The number of ether oxygens (including phenoxy) is 1. The summed E-state index contributed by atoms with van der Waals surface area (Å²) >= 11 is 0. The Kier molecular flexibility index (Phi) is 3.39. The predicted molar refractivity (Wildman–Crippen MR) is 58.4 cm³/mol. The number of para-hydroxylation sites is 1. The minimum atomic E-state index is -0.554. The summed E-state index contributed by atoms with van der Waals surface area (Å²) in [6, 6.07) is 3.86. The van der Waals surface area contributed by atoms with Gasteiger partial charge in [0.05, 0.1) is 12.6 Å². The van der Waals surface area contributed by atoms with Gasteiger partial charge in [0.2, 0.25) is 0 Å². The second kappa shape index (κ2) is 4.78. The van der Waals surface area contributed by atoms with Gasteiger partial charge in [-0.15, -0.1) is 0 Å². The summed E-state index contributed by atoms with van der Waals surface area (Å²) in [6.45, 7) is 0.471. The van der Waals surface area contributed by atoms with Gasteiger partial charge in [0.15, 0.2) is 0 Å². The summed E-state index contributed by atoms with van der Waals surface area (Å²) in [5.74, 6) is -0.637. The molecule has 0 aromatic heterocycles. The molecular formula is C12H15F2NO. The molecule has 1 saturated carbocycles. The first-order valence-corrected chi connectivity index (χ1v) is 5.42. The first kappa shape index (κ1) is 11.3. The standard InChI is InChI=1S/C12H15F2NO/c1-16-7-11(8-5-6-8)15-12-9(13)3-2-4-10(12)14/h2-4,8,11,15H,5-7H2,1H3. The number of hydrogen-bond donors (Lipinski definition) is 1. The number of hydrogen-bond acceptors (Lipinski definition) is 2. The first-order valence-electron chi connectivity index (χ1n) is 5.42. The third-order valence-corrected chi connectivity index (χ3v) is 2.83. The van der Waals surface area contributed by atoms with E-state index in [-0.39, 0.29) is 11.7 Å². The lowest BCUT2D eigenvalue weighted by molar-refractivity contribution is 0.179. The number of benzene rings is 1. The van der Waals surface area contributed by atoms with Crippen LogP contribution in [-0.4, -0.2) is 19.8 Å². The molecule has 1 aliphatic carbocycles. The molecule has 0 radical (unpaired) electrons. The van der Waals surface area contributed by atoms with Crippen LogP contribution in [0.5, 0.6) is 0 Å². The quantitative estimate of drug-likeness (QED) is 0.835. The van der Waals surface area contributed by atoms with E-state index in [9.17, 15) is 8.78 Å². The second-order valence-corrected chi connectivity index (χ2v) is 4.14. The van der Waals surface area contributed by atoms with Crippen LogP contribution in [0.4, 0.5) is 14.5 Å². The van der Waals surface area contributed by atoms with Crippen LogP contribution in [0.3, 0.4) is 0 Å². The fraction of sp³-hybridized carbons (Fsp3) is 0.500. The molecule has 1 aromatic carbocycles. The van der Waals surface area contributed by atoms with Gasteiger partial charge in [-0.2, -0.15) is 0 Å². The van der Waals surface area contributed by atoms with E-state index < -0.39 is 11.6 Å². The van der Waals surface area contributed by atoms with Crippen LogP contribution in [0.1, 0.15) is 12.8 Å². The van der Waals surface area contributed by atoms with Crippen LogP contribution >= 0.6 is 0 Å². The Morgan fingerprint density at radius 3 is 2.50 bits per heavy atom. The number of rotatable bonds is 5. The largest absolute Gasteiger partial charge is 0.383 e. The fourth-order valence-corrected chi connectivity index (χ4v) is 1.79. The van der Waals surface area contributed by atoms with Crippen LogP contribution < -0.4 is 5.32 Å². The van der Waals surface area contributed by atoms with Crippen molar-refractivity contribution in [3.63, 3.8) is 0 Å². The molecule has 1 aliphatic rings. The van der Waals surface area contributed by atoms with Gasteiger partial charge in [-0.05, 0) is 30.9 Å². The van der Waals surface area contributed by atoms with E-state index in [0.29, 0.717) is 12.5 Å². The minimum Gasteiger partial charge on any atom is -0.383 e. The lowest BCUT2D eigenvalue weighted by Crippen LogP contribution is -2.28. The first-order chi connectivity index (χ1) is 7.72. The highest BCUT2D eigenvalue weighted by molar-refractivity contribution is 5.47. The molecule has 2 rings (SSSR count). The molecule has 1 fully saturated rings. The molecule has 1 atom stereocenters. The number of methoxy groups -OCH3 is 1. The molecule has 0 saturated heterocycles. The highest BCUT2D eigenvalue weighted by Gasteiger charge is 2.32. The number of nitrogens with one attached hydrogen (secondary N) is 1. The van der Waals surface area contributed by atoms with Crippen LogP contribution in [-0.2, 0) is 4.74 Å². The number of anilines is 1. The van der Waals surface area contributed by atoms with Gasteiger partial charge >= 0.3 is 0 Å². The molecular weight excluding hydrogens is 212 g/mol. The van der Waals surface area contributed by atoms with Crippen molar-refractivity contribution in [1.82, 2.24) is 0 Å². The molecule has 1 N–H and O–H groups in total. The van der Waals surface area contributed by atoms with E-state index in [1.54, 1.807) is 7.11 Å². The molecule has 1 unspecified atom stereocenters. The van der Waals surface area contributed by atoms with Gasteiger partial charge in [-0.1, -0.05) is 6.07 Å². The molecule has 2 nitrogen and oxygen atoms in total. The van der Waals surface area contributed by atoms with E-state index in [1.165, 1.54) is 18.2 Å². The zero-order chi connectivity index (χ0) is 11.5. The van der Waals surface area contributed by atoms with Crippen molar-refractivity contribution < 1.29 is 13.5 Å². The average Bonchev–Trinajstić information content (AvgIpc) is 3.06. The van der Waals surface area contributed by atoms with Crippen LogP contribution in [0.15, 0.2) is 18.2 Å². The highest BCUT2D eigenvalue weighted by atomic mass is 19.1. The summed E-state index contributed by atoms with van der Waals surface area (Å²) < 4.78 is 31.8. The zero-order valence-corrected chi connectivity index (χ0v) is 9.17. The highest BCUT2D eigenvalue weighted by Crippen LogP contribution is 2.35. The van der Waals surface area contributed by atoms with Crippen molar-refractivity contribution in [2.24, 2.45) is 5.92 Å². The van der Waals surface area contributed by atoms with E-state index >= 15 is 0 Å². The van der Waals surface area contributed by atoms with E-state index in [4.69, 9.17) is 4.74 Å². The van der Waals surface area contributed by atoms with E-state index in [2.05, 4.69) is 5.32 Å². The second-order valence-electron chi connectivity index (χ2n) is 4.14. The molecule has 4 heteroatoms. The van der Waals surface area contributed by atoms with Crippen molar-refractivity contribution in [1.29, 1.82) is 0 Å². The summed E-state index contributed by atoms with van der Waals surface area (Å²) in [4.78, 5) is 0. The molecule has 0 bridgehead atoms. The fourth-order valence-electron chi connectivity index (χ4n) is 1.79. The normalized spacial score (nSPS) is 17.2. The van der Waals surface area contributed by atoms with Gasteiger partial charge < -0.3 is 10.1 Å². The van der Waals surface area contributed by atoms with Crippen LogP contribution in [0.25, 0.3) is 0 Å². The van der Waals surface area contributed by atoms with E-state index in [0.717, 1.165) is 12.8 Å². The van der Waals surface area contributed by atoms with Crippen LogP contribution in [0.2, 0.25) is 0 Å². The third kappa shape index (κ3) is 2.50. The molecule has 16 heavy (non-hydrogen) atoms. The van der Waals surface area contributed by atoms with Gasteiger partial charge in [0, 0.05) is 7.11 Å². The molecule has 88 valence electrons. The van der Waals surface area contributed by atoms with Crippen molar-refractivity contribution in [2.75, 3.05) is 19.0 Å². The molecule has 1 aromatic rings. The van der Waals surface area contributed by atoms with Crippen molar-refractivity contribution in [3.8, 4) is 0 Å². The zero-order valence-electron chi connectivity index (χ0n) is 9.17. The lowest BCUT2D eigenvalue weighted by atomic mass is 10.1. The van der Waals surface area contributed by atoms with Crippen molar-refractivity contribution >= 4 is 5.69 Å². The molecule has 0 spiro atoms. The van der Waals surface area contributed by atoms with E-state index in [1.807, 2.05) is 0 Å². The minimum absolute atomic E-state index is 0.00333. The lowest BCUT2D eigenvalue weighted by Gasteiger charge is -2.19. The maximum atomic E-state index is 13.4. The van der Waals surface area contributed by atoms with Gasteiger partial charge in [-0.3, -0.25) is 0 Å². The Morgan fingerprint density at radius 1 is 1.38 bits per heavy atom. The summed E-state index contributed by atoms with van der Waals surface area (Å²) in [5, 5.41) is 2.90. The Hall–Kier alpha value is -1.16. The molecule has 0 aliphatic heterocycles. The van der Waals surface area contributed by atoms with Crippen molar-refractivity contribution in [3.05, 3.63) is 29.8 Å². The SMILES string of the molecule is COCC(Nc1c(F)cccc1F)C1CC1. The van der Waals surface area contributed by atoms with Gasteiger partial charge in [0.1, 0.15) is 17.3 Å². The Labute approximate surface area is 93.6 Å². The van der Waals surface area contributed by atoms with Crippen LogP contribution in [0, 0.1) is 17.6 Å². The smallest absolute Gasteiger partial charge is 0.149 e. The maximum Gasteiger partial charge on any atom is 0.149 e. The predicted octanol–water partition coefficient (Wildman–Crippen LogP) is 2.80. The summed E-state index contributed by atoms with van der Waals surface area (Å²) in [6.07, 6.45) is 2.19. The molecule has 0 heterocycles. The Morgan fingerprint density at radius 2 is 2.00 bits per heavy atom. The maximum absolute atomic E-state index is 13.4. The summed E-state index contributed by atoms with van der Waals surface area (Å²) in [5.41, 5.74) is -0.0450. The number of halogens is 2.